The number of hydrogen-bond acceptors (Lipinski definition) is 3. The third-order valence-corrected chi connectivity index (χ3v) is 2.52. The highest BCUT2D eigenvalue weighted by molar-refractivity contribution is 5.93. The zero-order chi connectivity index (χ0) is 13.5. The summed E-state index contributed by atoms with van der Waals surface area (Å²) in [7, 11) is 0. The highest BCUT2D eigenvalue weighted by Crippen LogP contribution is 2.14. The maximum absolute atomic E-state index is 11.7. The molecule has 1 aromatic rings. The number of nitrogens with two attached hydrogens (primary N) is 1. The van der Waals surface area contributed by atoms with Gasteiger partial charge in [0, 0.05) is 24.2 Å². The molecule has 0 aliphatic rings. The van der Waals surface area contributed by atoms with Gasteiger partial charge >= 0.3 is 0 Å². The van der Waals surface area contributed by atoms with Gasteiger partial charge in [0.2, 0.25) is 11.8 Å². The summed E-state index contributed by atoms with van der Waals surface area (Å²) in [6.45, 7) is 3.79. The fraction of sp³-hybridized carbons (Fsp3) is 0.385. The van der Waals surface area contributed by atoms with Crippen LogP contribution in [0.1, 0.15) is 20.3 Å². The Morgan fingerprint density at radius 1 is 1.17 bits per heavy atom. The van der Waals surface area contributed by atoms with E-state index >= 15 is 0 Å². The van der Waals surface area contributed by atoms with Crippen molar-refractivity contribution in [1.29, 1.82) is 0 Å². The lowest BCUT2D eigenvalue weighted by molar-refractivity contribution is -0.119. The number of nitrogens with one attached hydrogen (secondary N) is 2. The minimum absolute atomic E-state index is 0.0484. The SMILES string of the molecule is CC(=O)Nc1ccc(NC(=O)C(C)CCN)cc1. The second kappa shape index (κ2) is 6.76. The van der Waals surface area contributed by atoms with Crippen LogP contribution in [0.25, 0.3) is 0 Å². The fourth-order valence-electron chi connectivity index (χ4n) is 1.49. The van der Waals surface area contributed by atoms with Gasteiger partial charge in [-0.15, -0.1) is 0 Å². The van der Waals surface area contributed by atoms with Gasteiger partial charge in [-0.25, -0.2) is 0 Å². The van der Waals surface area contributed by atoms with Crippen LogP contribution >= 0.6 is 0 Å². The first-order valence-corrected chi connectivity index (χ1v) is 5.91. The van der Waals surface area contributed by atoms with E-state index in [1.165, 1.54) is 6.92 Å². The number of amides is 2. The zero-order valence-corrected chi connectivity index (χ0v) is 10.7. The summed E-state index contributed by atoms with van der Waals surface area (Å²) in [5.74, 6) is -0.277. The molecule has 0 spiro atoms. The van der Waals surface area contributed by atoms with E-state index in [-0.39, 0.29) is 17.7 Å². The van der Waals surface area contributed by atoms with E-state index in [1.54, 1.807) is 24.3 Å². The summed E-state index contributed by atoms with van der Waals surface area (Å²) in [6, 6.07) is 6.98. The smallest absolute Gasteiger partial charge is 0.227 e. The minimum Gasteiger partial charge on any atom is -0.330 e. The van der Waals surface area contributed by atoms with Gasteiger partial charge < -0.3 is 16.4 Å². The predicted octanol–water partition coefficient (Wildman–Crippen LogP) is 1.57. The summed E-state index contributed by atoms with van der Waals surface area (Å²) in [5, 5.41) is 5.46. The van der Waals surface area contributed by atoms with Gasteiger partial charge in [0.1, 0.15) is 0 Å². The summed E-state index contributed by atoms with van der Waals surface area (Å²) < 4.78 is 0. The van der Waals surface area contributed by atoms with E-state index in [0.29, 0.717) is 24.3 Å². The molecule has 98 valence electrons. The Kier molecular flexibility index (Phi) is 5.32. The lowest BCUT2D eigenvalue weighted by Crippen LogP contribution is -2.22. The molecular weight excluding hydrogens is 230 g/mol. The quantitative estimate of drug-likeness (QED) is 0.740. The van der Waals surface area contributed by atoms with Crippen LogP contribution in [0.5, 0.6) is 0 Å². The molecule has 1 unspecified atom stereocenters. The van der Waals surface area contributed by atoms with E-state index in [0.717, 1.165) is 0 Å². The van der Waals surface area contributed by atoms with E-state index in [4.69, 9.17) is 5.73 Å². The second-order valence-corrected chi connectivity index (χ2v) is 4.23. The summed E-state index contributed by atoms with van der Waals surface area (Å²) in [5.41, 5.74) is 6.82. The molecule has 0 fully saturated rings. The van der Waals surface area contributed by atoms with Gasteiger partial charge in [0.15, 0.2) is 0 Å². The van der Waals surface area contributed by atoms with Crippen molar-refractivity contribution in [3.8, 4) is 0 Å². The van der Waals surface area contributed by atoms with Crippen molar-refractivity contribution < 1.29 is 9.59 Å². The van der Waals surface area contributed by atoms with Crippen molar-refractivity contribution in [3.63, 3.8) is 0 Å². The van der Waals surface area contributed by atoms with Crippen LogP contribution in [0, 0.1) is 5.92 Å². The van der Waals surface area contributed by atoms with Crippen LogP contribution in [0.3, 0.4) is 0 Å². The van der Waals surface area contributed by atoms with Crippen molar-refractivity contribution in [1.82, 2.24) is 0 Å². The first-order valence-electron chi connectivity index (χ1n) is 5.91. The summed E-state index contributed by atoms with van der Waals surface area (Å²) in [6.07, 6.45) is 0.663. The molecule has 5 heteroatoms. The third kappa shape index (κ3) is 4.55. The molecule has 18 heavy (non-hydrogen) atoms. The summed E-state index contributed by atoms with van der Waals surface area (Å²) >= 11 is 0. The van der Waals surface area contributed by atoms with Crippen LogP contribution in [-0.4, -0.2) is 18.4 Å². The van der Waals surface area contributed by atoms with Crippen LogP contribution in [0.15, 0.2) is 24.3 Å². The van der Waals surface area contributed by atoms with Crippen molar-refractivity contribution in [2.24, 2.45) is 11.7 Å². The molecule has 5 nitrogen and oxygen atoms in total. The molecule has 0 aliphatic carbocycles. The molecule has 0 heterocycles. The number of rotatable bonds is 5. The molecule has 0 saturated carbocycles. The van der Waals surface area contributed by atoms with Crippen molar-refractivity contribution in [2.45, 2.75) is 20.3 Å². The molecule has 0 radical (unpaired) electrons. The second-order valence-electron chi connectivity index (χ2n) is 4.23. The largest absolute Gasteiger partial charge is 0.330 e. The Labute approximate surface area is 107 Å². The number of hydrogen-bond donors (Lipinski definition) is 3. The summed E-state index contributed by atoms with van der Waals surface area (Å²) in [4.78, 5) is 22.6. The average molecular weight is 249 g/mol. The molecule has 0 bridgehead atoms. The number of benzene rings is 1. The molecule has 4 N–H and O–H groups in total. The van der Waals surface area contributed by atoms with Gasteiger partial charge in [-0.3, -0.25) is 9.59 Å². The van der Waals surface area contributed by atoms with Crippen LogP contribution < -0.4 is 16.4 Å². The minimum atomic E-state index is -0.122. The lowest BCUT2D eigenvalue weighted by atomic mass is 10.1. The maximum Gasteiger partial charge on any atom is 0.227 e. The molecule has 0 saturated heterocycles. The Hall–Kier alpha value is -1.88. The zero-order valence-electron chi connectivity index (χ0n) is 10.7. The Balaban J connectivity index is 2.58. The third-order valence-electron chi connectivity index (χ3n) is 2.52. The van der Waals surface area contributed by atoms with Crippen molar-refractivity contribution >= 4 is 23.2 Å². The number of carbonyl (C=O) groups excluding carboxylic acids is 2. The highest BCUT2D eigenvalue weighted by atomic mass is 16.2. The van der Waals surface area contributed by atoms with Crippen molar-refractivity contribution in [3.05, 3.63) is 24.3 Å². The monoisotopic (exact) mass is 249 g/mol. The normalized spacial score (nSPS) is 11.7. The van der Waals surface area contributed by atoms with Gasteiger partial charge in [-0.2, -0.15) is 0 Å². The Morgan fingerprint density at radius 3 is 2.11 bits per heavy atom. The molecule has 1 atom stereocenters. The first-order chi connectivity index (χ1) is 8.52. The Bertz CT molecular complexity index is 415. The fourth-order valence-corrected chi connectivity index (χ4v) is 1.49. The standard InChI is InChI=1S/C13H19N3O2/c1-9(7-8-14)13(18)16-12-5-3-11(4-6-12)15-10(2)17/h3-6,9H,7-8,14H2,1-2H3,(H,15,17)(H,16,18). The number of anilines is 2. The van der Waals surface area contributed by atoms with Crippen molar-refractivity contribution in [2.75, 3.05) is 17.2 Å². The number of carbonyl (C=O) groups is 2. The molecule has 0 aromatic heterocycles. The van der Waals surface area contributed by atoms with Gasteiger partial charge in [-0.1, -0.05) is 6.92 Å². The van der Waals surface area contributed by atoms with Crippen LogP contribution in [0.2, 0.25) is 0 Å². The van der Waals surface area contributed by atoms with E-state index in [9.17, 15) is 9.59 Å². The molecule has 1 aromatic carbocycles. The van der Waals surface area contributed by atoms with E-state index < -0.39 is 0 Å². The Morgan fingerprint density at radius 2 is 1.67 bits per heavy atom. The first kappa shape index (κ1) is 14.2. The molecular formula is C13H19N3O2. The average Bonchev–Trinajstić information content (AvgIpc) is 2.31. The van der Waals surface area contributed by atoms with Gasteiger partial charge in [0.25, 0.3) is 0 Å². The van der Waals surface area contributed by atoms with Crippen LogP contribution in [-0.2, 0) is 9.59 Å². The van der Waals surface area contributed by atoms with E-state index in [2.05, 4.69) is 10.6 Å². The topological polar surface area (TPSA) is 84.2 Å². The van der Waals surface area contributed by atoms with E-state index in [1.807, 2.05) is 6.92 Å². The molecule has 0 aliphatic heterocycles. The lowest BCUT2D eigenvalue weighted by Gasteiger charge is -2.11. The maximum atomic E-state index is 11.7. The molecule has 1 rings (SSSR count). The van der Waals surface area contributed by atoms with Gasteiger partial charge in [0.05, 0.1) is 0 Å². The van der Waals surface area contributed by atoms with Crippen LogP contribution in [0.4, 0.5) is 11.4 Å². The predicted molar refractivity (Wildman–Crippen MR) is 72.2 cm³/mol. The van der Waals surface area contributed by atoms with Gasteiger partial charge in [-0.05, 0) is 37.2 Å². The molecule has 2 amide bonds. The highest BCUT2D eigenvalue weighted by Gasteiger charge is 2.11.